The van der Waals surface area contributed by atoms with Crippen LogP contribution in [0.2, 0.25) is 0 Å². The molecule has 0 spiro atoms. The second kappa shape index (κ2) is 9.55. The van der Waals surface area contributed by atoms with Crippen LogP contribution in [0.1, 0.15) is 43.5 Å². The number of carboxylic acid groups (broad SMARTS) is 1. The van der Waals surface area contributed by atoms with Crippen LogP contribution < -0.4 is 10.1 Å². The van der Waals surface area contributed by atoms with Crippen molar-refractivity contribution in [1.29, 1.82) is 0 Å². The zero-order valence-electron chi connectivity index (χ0n) is 19.4. The number of aromatic nitrogens is 1. The number of benzene rings is 2. The van der Waals surface area contributed by atoms with Gasteiger partial charge < -0.3 is 19.9 Å². The van der Waals surface area contributed by atoms with E-state index >= 15 is 0 Å². The van der Waals surface area contributed by atoms with Gasteiger partial charge in [0.15, 0.2) is 0 Å². The van der Waals surface area contributed by atoms with Crippen molar-refractivity contribution in [2.24, 2.45) is 0 Å². The number of carboxylic acids is 1. The average molecular weight is 461 g/mol. The van der Waals surface area contributed by atoms with Crippen LogP contribution in [-0.2, 0) is 16.0 Å². The normalized spacial score (nSPS) is 13.5. The van der Waals surface area contributed by atoms with E-state index in [9.17, 15) is 14.7 Å². The van der Waals surface area contributed by atoms with Gasteiger partial charge in [-0.3, -0.25) is 0 Å². The van der Waals surface area contributed by atoms with Crippen LogP contribution in [0.25, 0.3) is 11.1 Å². The monoisotopic (exact) mass is 460 g/mol. The average Bonchev–Trinajstić information content (AvgIpc) is 3.10. The van der Waals surface area contributed by atoms with Gasteiger partial charge in [-0.25, -0.2) is 14.6 Å². The lowest BCUT2D eigenvalue weighted by atomic mass is 9.98. The number of rotatable bonds is 7. The minimum Gasteiger partial charge on any atom is -0.480 e. The molecule has 7 heteroatoms. The molecule has 1 atom stereocenters. The molecule has 1 aliphatic carbocycles. The molecule has 1 unspecified atom stereocenters. The molecule has 2 aromatic carbocycles. The molecular formula is C27H28N2O5. The maximum atomic E-state index is 12.5. The van der Waals surface area contributed by atoms with Gasteiger partial charge in [-0.05, 0) is 49.1 Å². The van der Waals surface area contributed by atoms with E-state index in [1.165, 1.54) is 0 Å². The third kappa shape index (κ3) is 5.36. The molecule has 1 amide bonds. The standard InChI is InChI=1S/C27H28N2O5/c1-27(2,3)34-24-14-8-9-17(28-24)15-23(25(30)31)29-26(32)33-16-22-20-12-6-4-10-18(20)19-11-5-7-13-21(19)22/h4-14,22-23H,15-16H2,1-3H3,(H,29,32)(H,30,31). The van der Waals surface area contributed by atoms with Gasteiger partial charge in [-0.15, -0.1) is 0 Å². The summed E-state index contributed by atoms with van der Waals surface area (Å²) in [7, 11) is 0. The summed E-state index contributed by atoms with van der Waals surface area (Å²) in [6, 6.07) is 20.0. The van der Waals surface area contributed by atoms with Gasteiger partial charge in [0.25, 0.3) is 0 Å². The Morgan fingerprint density at radius 2 is 1.59 bits per heavy atom. The zero-order valence-corrected chi connectivity index (χ0v) is 19.4. The van der Waals surface area contributed by atoms with Crippen molar-refractivity contribution >= 4 is 12.1 Å². The van der Waals surface area contributed by atoms with Crippen molar-refractivity contribution in [3.05, 3.63) is 83.6 Å². The predicted octanol–water partition coefficient (Wildman–Crippen LogP) is 4.79. The second-order valence-electron chi connectivity index (χ2n) is 9.25. The van der Waals surface area contributed by atoms with Crippen molar-refractivity contribution in [2.45, 2.75) is 44.8 Å². The van der Waals surface area contributed by atoms with Gasteiger partial charge >= 0.3 is 12.1 Å². The Hall–Kier alpha value is -3.87. The molecule has 176 valence electrons. The first-order valence-corrected chi connectivity index (χ1v) is 11.2. The molecule has 1 aliphatic rings. The van der Waals surface area contributed by atoms with Crippen LogP contribution in [0.4, 0.5) is 4.79 Å². The number of carbonyl (C=O) groups is 2. The second-order valence-corrected chi connectivity index (χ2v) is 9.25. The lowest BCUT2D eigenvalue weighted by molar-refractivity contribution is -0.139. The molecule has 0 radical (unpaired) electrons. The van der Waals surface area contributed by atoms with E-state index in [4.69, 9.17) is 9.47 Å². The first-order valence-electron chi connectivity index (χ1n) is 11.2. The SMILES string of the molecule is CC(C)(C)Oc1cccc(CC(NC(=O)OCC2c3ccccc3-c3ccccc32)C(=O)O)n1. The van der Waals surface area contributed by atoms with Crippen LogP contribution in [0.15, 0.2) is 66.7 Å². The van der Waals surface area contributed by atoms with Crippen molar-refractivity contribution < 1.29 is 24.2 Å². The van der Waals surface area contributed by atoms with E-state index in [1.54, 1.807) is 18.2 Å². The fourth-order valence-electron chi connectivity index (χ4n) is 4.13. The van der Waals surface area contributed by atoms with E-state index in [0.29, 0.717) is 11.6 Å². The van der Waals surface area contributed by atoms with Crippen molar-refractivity contribution in [3.8, 4) is 17.0 Å². The number of ether oxygens (including phenoxy) is 2. The molecule has 0 bridgehead atoms. The van der Waals surface area contributed by atoms with Gasteiger partial charge in [0, 0.05) is 24.1 Å². The molecule has 2 N–H and O–H groups in total. The summed E-state index contributed by atoms with van der Waals surface area (Å²) in [5, 5.41) is 12.1. The third-order valence-corrected chi connectivity index (χ3v) is 5.54. The first-order chi connectivity index (χ1) is 16.2. The van der Waals surface area contributed by atoms with E-state index < -0.39 is 23.7 Å². The third-order valence-electron chi connectivity index (χ3n) is 5.54. The quantitative estimate of drug-likeness (QED) is 0.526. The summed E-state index contributed by atoms with van der Waals surface area (Å²) < 4.78 is 11.2. The maximum Gasteiger partial charge on any atom is 0.407 e. The Morgan fingerprint density at radius 1 is 0.971 bits per heavy atom. The molecule has 0 aliphatic heterocycles. The minimum absolute atomic E-state index is 0.000865. The van der Waals surface area contributed by atoms with Gasteiger partial charge in [0.2, 0.25) is 5.88 Å². The number of carbonyl (C=O) groups excluding carboxylic acids is 1. The molecule has 1 aromatic heterocycles. The Kier molecular flexibility index (Phi) is 6.54. The summed E-state index contributed by atoms with van der Waals surface area (Å²) in [6.07, 6.45) is -0.780. The molecular weight excluding hydrogens is 432 g/mol. The van der Waals surface area contributed by atoms with Crippen LogP contribution in [-0.4, -0.2) is 40.4 Å². The first kappa shape index (κ1) is 23.3. The Balaban J connectivity index is 1.41. The fraction of sp³-hybridized carbons (Fsp3) is 0.296. The molecule has 0 fully saturated rings. The Morgan fingerprint density at radius 3 is 2.18 bits per heavy atom. The van der Waals surface area contributed by atoms with E-state index in [2.05, 4.69) is 22.4 Å². The van der Waals surface area contributed by atoms with Gasteiger partial charge in [-0.1, -0.05) is 54.6 Å². The number of aliphatic carboxylic acids is 1. The maximum absolute atomic E-state index is 12.5. The summed E-state index contributed by atoms with van der Waals surface area (Å²) >= 11 is 0. The number of amides is 1. The molecule has 34 heavy (non-hydrogen) atoms. The number of nitrogens with zero attached hydrogens (tertiary/aromatic N) is 1. The highest BCUT2D eigenvalue weighted by atomic mass is 16.5. The summed E-state index contributed by atoms with van der Waals surface area (Å²) in [5.74, 6) is -0.873. The van der Waals surface area contributed by atoms with Crippen molar-refractivity contribution in [2.75, 3.05) is 6.61 Å². The molecule has 3 aromatic rings. The van der Waals surface area contributed by atoms with Crippen LogP contribution in [0.3, 0.4) is 0 Å². The number of hydrogen-bond donors (Lipinski definition) is 2. The number of alkyl carbamates (subject to hydrolysis) is 1. The lowest BCUT2D eigenvalue weighted by Crippen LogP contribution is -2.43. The molecule has 0 saturated carbocycles. The van der Waals surface area contributed by atoms with Crippen LogP contribution in [0, 0.1) is 0 Å². The lowest BCUT2D eigenvalue weighted by Gasteiger charge is -2.21. The number of hydrogen-bond acceptors (Lipinski definition) is 5. The molecule has 1 heterocycles. The topological polar surface area (TPSA) is 97.8 Å². The predicted molar refractivity (Wildman–Crippen MR) is 128 cm³/mol. The minimum atomic E-state index is -1.19. The molecule has 4 rings (SSSR count). The zero-order chi connectivity index (χ0) is 24.3. The van der Waals surface area contributed by atoms with E-state index in [0.717, 1.165) is 22.3 Å². The smallest absolute Gasteiger partial charge is 0.407 e. The van der Waals surface area contributed by atoms with Crippen LogP contribution >= 0.6 is 0 Å². The van der Waals surface area contributed by atoms with Gasteiger partial charge in [0.05, 0.1) is 0 Å². The number of nitrogens with one attached hydrogen (secondary N) is 1. The van der Waals surface area contributed by atoms with E-state index in [1.807, 2.05) is 57.2 Å². The number of pyridine rings is 1. The van der Waals surface area contributed by atoms with Gasteiger partial charge in [-0.2, -0.15) is 0 Å². The highest BCUT2D eigenvalue weighted by Gasteiger charge is 2.30. The summed E-state index contributed by atoms with van der Waals surface area (Å²) in [6.45, 7) is 5.82. The van der Waals surface area contributed by atoms with Crippen LogP contribution in [0.5, 0.6) is 5.88 Å². The highest BCUT2D eigenvalue weighted by Crippen LogP contribution is 2.44. The Bertz CT molecular complexity index is 1160. The highest BCUT2D eigenvalue weighted by molar-refractivity contribution is 5.81. The van der Waals surface area contributed by atoms with E-state index in [-0.39, 0.29) is 18.9 Å². The number of fused-ring (bicyclic) bond motifs is 3. The molecule has 7 nitrogen and oxygen atoms in total. The van der Waals surface area contributed by atoms with Crippen molar-refractivity contribution in [3.63, 3.8) is 0 Å². The molecule has 0 saturated heterocycles. The Labute approximate surface area is 198 Å². The van der Waals surface area contributed by atoms with Gasteiger partial charge in [0.1, 0.15) is 18.2 Å². The summed E-state index contributed by atoms with van der Waals surface area (Å²) in [4.78, 5) is 28.7. The van der Waals surface area contributed by atoms with Crippen molar-refractivity contribution in [1.82, 2.24) is 10.3 Å². The fourth-order valence-corrected chi connectivity index (χ4v) is 4.13. The summed E-state index contributed by atoms with van der Waals surface area (Å²) in [5.41, 5.74) is 4.49. The largest absolute Gasteiger partial charge is 0.480 e.